The fourth-order valence-corrected chi connectivity index (χ4v) is 2.95. The second-order valence-electron chi connectivity index (χ2n) is 5.30. The van der Waals surface area contributed by atoms with Crippen molar-refractivity contribution in [3.8, 4) is 0 Å². The number of hydrogen-bond donors (Lipinski definition) is 1. The van der Waals surface area contributed by atoms with Gasteiger partial charge in [0.2, 0.25) is 0 Å². The van der Waals surface area contributed by atoms with Crippen molar-refractivity contribution in [1.29, 1.82) is 0 Å². The molecule has 1 N–H and O–H groups in total. The Morgan fingerprint density at radius 1 is 1.33 bits per heavy atom. The summed E-state index contributed by atoms with van der Waals surface area (Å²) >= 11 is 5.89. The van der Waals surface area contributed by atoms with Crippen LogP contribution >= 0.6 is 11.6 Å². The van der Waals surface area contributed by atoms with Crippen LogP contribution in [0.15, 0.2) is 18.2 Å². The van der Waals surface area contributed by atoms with Gasteiger partial charge >= 0.3 is 0 Å². The molecule has 0 spiro atoms. The lowest BCUT2D eigenvalue weighted by Gasteiger charge is -2.28. The summed E-state index contributed by atoms with van der Waals surface area (Å²) in [7, 11) is 0. The summed E-state index contributed by atoms with van der Waals surface area (Å²) in [5.41, 5.74) is 0.658. The first-order valence-electron chi connectivity index (χ1n) is 6.84. The number of halogens is 2. The minimum absolute atomic E-state index is 0.178. The van der Waals surface area contributed by atoms with E-state index >= 15 is 0 Å². The average Bonchev–Trinajstić information content (AvgIpc) is 2.40. The van der Waals surface area contributed by atoms with Gasteiger partial charge in [-0.2, -0.15) is 0 Å². The molecule has 1 atom stereocenters. The molecule has 0 bridgehead atoms. The molecule has 0 radical (unpaired) electrons. The molecule has 2 rings (SSSR count). The third kappa shape index (κ3) is 3.69. The van der Waals surface area contributed by atoms with E-state index in [4.69, 9.17) is 11.6 Å². The molecule has 1 saturated carbocycles. The molecule has 100 valence electrons. The Kier molecular flexibility index (Phi) is 5.02. The summed E-state index contributed by atoms with van der Waals surface area (Å²) in [5, 5.41) is 4.03. The minimum Gasteiger partial charge on any atom is -0.310 e. The van der Waals surface area contributed by atoms with Crippen molar-refractivity contribution in [2.75, 3.05) is 0 Å². The SMILES string of the molecule is CC(NCc1cc(Cl)ccc1F)C1CCCCC1. The van der Waals surface area contributed by atoms with Gasteiger partial charge in [0.1, 0.15) is 5.82 Å². The number of nitrogens with one attached hydrogen (secondary N) is 1. The third-order valence-electron chi connectivity index (χ3n) is 3.98. The van der Waals surface area contributed by atoms with Crippen LogP contribution in [0.4, 0.5) is 4.39 Å². The standard InChI is InChI=1S/C15H21ClFN/c1-11(12-5-3-2-4-6-12)18-10-13-9-14(16)7-8-15(13)17/h7-9,11-12,18H,2-6,10H2,1H3. The molecule has 1 nitrogen and oxygen atoms in total. The van der Waals surface area contributed by atoms with Crippen molar-refractivity contribution in [3.63, 3.8) is 0 Å². The van der Waals surface area contributed by atoms with Crippen molar-refractivity contribution in [1.82, 2.24) is 5.32 Å². The zero-order valence-corrected chi connectivity index (χ0v) is 11.6. The molecule has 1 aromatic rings. The number of hydrogen-bond acceptors (Lipinski definition) is 1. The van der Waals surface area contributed by atoms with Gasteiger partial charge in [-0.1, -0.05) is 30.9 Å². The van der Waals surface area contributed by atoms with E-state index in [2.05, 4.69) is 12.2 Å². The van der Waals surface area contributed by atoms with Gasteiger partial charge in [-0.05, 0) is 43.9 Å². The maximum Gasteiger partial charge on any atom is 0.127 e. The van der Waals surface area contributed by atoms with Crippen molar-refractivity contribution in [2.45, 2.75) is 51.6 Å². The molecule has 0 aliphatic heterocycles. The number of benzene rings is 1. The van der Waals surface area contributed by atoms with Crippen molar-refractivity contribution >= 4 is 11.6 Å². The molecule has 1 unspecified atom stereocenters. The van der Waals surface area contributed by atoms with Gasteiger partial charge in [-0.25, -0.2) is 4.39 Å². The molecule has 1 aliphatic rings. The summed E-state index contributed by atoms with van der Waals surface area (Å²) in [4.78, 5) is 0. The van der Waals surface area contributed by atoms with Crippen LogP contribution in [0.5, 0.6) is 0 Å². The van der Waals surface area contributed by atoms with E-state index in [9.17, 15) is 4.39 Å². The van der Waals surface area contributed by atoms with Crippen molar-refractivity contribution in [2.24, 2.45) is 5.92 Å². The van der Waals surface area contributed by atoms with E-state index in [1.54, 1.807) is 12.1 Å². The van der Waals surface area contributed by atoms with E-state index in [0.29, 0.717) is 23.2 Å². The Hall–Kier alpha value is -0.600. The molecular formula is C15H21ClFN. The summed E-state index contributed by atoms with van der Waals surface area (Å²) in [6, 6.07) is 5.18. The second kappa shape index (κ2) is 6.53. The lowest BCUT2D eigenvalue weighted by Crippen LogP contribution is -2.34. The maximum atomic E-state index is 13.6. The van der Waals surface area contributed by atoms with Gasteiger partial charge in [0, 0.05) is 23.2 Å². The van der Waals surface area contributed by atoms with Crippen LogP contribution in [0.1, 0.15) is 44.6 Å². The highest BCUT2D eigenvalue weighted by molar-refractivity contribution is 6.30. The van der Waals surface area contributed by atoms with Crippen molar-refractivity contribution < 1.29 is 4.39 Å². The van der Waals surface area contributed by atoms with Crippen molar-refractivity contribution in [3.05, 3.63) is 34.6 Å². The molecule has 3 heteroatoms. The van der Waals surface area contributed by atoms with Crippen LogP contribution in [-0.2, 0) is 6.54 Å². The van der Waals surface area contributed by atoms with Crippen LogP contribution in [0, 0.1) is 11.7 Å². The number of rotatable bonds is 4. The van der Waals surface area contributed by atoms with E-state index in [1.807, 2.05) is 0 Å². The Labute approximate surface area is 114 Å². The fourth-order valence-electron chi connectivity index (χ4n) is 2.75. The normalized spacial score (nSPS) is 18.8. The topological polar surface area (TPSA) is 12.0 Å². The molecule has 18 heavy (non-hydrogen) atoms. The van der Waals surface area contributed by atoms with Gasteiger partial charge < -0.3 is 5.32 Å². The molecule has 0 heterocycles. The van der Waals surface area contributed by atoms with Gasteiger partial charge in [0.15, 0.2) is 0 Å². The molecule has 1 aromatic carbocycles. The van der Waals surface area contributed by atoms with Crippen LogP contribution in [-0.4, -0.2) is 6.04 Å². The summed E-state index contributed by atoms with van der Waals surface area (Å²) in [5.74, 6) is 0.559. The minimum atomic E-state index is -0.178. The Morgan fingerprint density at radius 3 is 2.78 bits per heavy atom. The maximum absolute atomic E-state index is 13.6. The van der Waals surface area contributed by atoms with Crippen LogP contribution in [0.2, 0.25) is 5.02 Å². The van der Waals surface area contributed by atoms with Crippen LogP contribution in [0.25, 0.3) is 0 Å². The first kappa shape index (κ1) is 13.8. The summed E-state index contributed by atoms with van der Waals surface area (Å²) in [6.07, 6.45) is 6.63. The van der Waals surface area contributed by atoms with Crippen LogP contribution < -0.4 is 5.32 Å². The van der Waals surface area contributed by atoms with Gasteiger partial charge in [0.05, 0.1) is 0 Å². The third-order valence-corrected chi connectivity index (χ3v) is 4.21. The predicted molar refractivity (Wildman–Crippen MR) is 74.3 cm³/mol. The molecule has 0 amide bonds. The molecule has 0 aromatic heterocycles. The largest absolute Gasteiger partial charge is 0.310 e. The zero-order valence-electron chi connectivity index (χ0n) is 10.9. The summed E-state index contributed by atoms with van der Waals surface area (Å²) < 4.78 is 13.6. The zero-order chi connectivity index (χ0) is 13.0. The second-order valence-corrected chi connectivity index (χ2v) is 5.74. The van der Waals surface area contributed by atoms with Gasteiger partial charge in [-0.3, -0.25) is 0 Å². The lowest BCUT2D eigenvalue weighted by atomic mass is 9.84. The molecular weight excluding hydrogens is 249 g/mol. The smallest absolute Gasteiger partial charge is 0.127 e. The average molecular weight is 270 g/mol. The lowest BCUT2D eigenvalue weighted by molar-refractivity contribution is 0.280. The van der Waals surface area contributed by atoms with E-state index < -0.39 is 0 Å². The Morgan fingerprint density at radius 2 is 2.06 bits per heavy atom. The quantitative estimate of drug-likeness (QED) is 0.846. The first-order chi connectivity index (χ1) is 8.66. The Bertz CT molecular complexity index is 388. The highest BCUT2D eigenvalue weighted by atomic mass is 35.5. The molecule has 1 aliphatic carbocycles. The van der Waals surface area contributed by atoms with Gasteiger partial charge in [-0.15, -0.1) is 0 Å². The highest BCUT2D eigenvalue weighted by Gasteiger charge is 2.19. The van der Waals surface area contributed by atoms with E-state index in [-0.39, 0.29) is 5.82 Å². The van der Waals surface area contributed by atoms with Crippen LogP contribution in [0.3, 0.4) is 0 Å². The molecule has 1 fully saturated rings. The fraction of sp³-hybridized carbons (Fsp3) is 0.600. The van der Waals surface area contributed by atoms with E-state index in [1.165, 1.54) is 38.2 Å². The molecule has 0 saturated heterocycles. The predicted octanol–water partition coefficient (Wildman–Crippen LogP) is 4.54. The van der Waals surface area contributed by atoms with E-state index in [0.717, 1.165) is 5.92 Å². The Balaban J connectivity index is 1.88. The summed E-state index contributed by atoms with van der Waals surface area (Å²) in [6.45, 7) is 2.77. The first-order valence-corrected chi connectivity index (χ1v) is 7.22. The van der Waals surface area contributed by atoms with Gasteiger partial charge in [0.25, 0.3) is 0 Å². The monoisotopic (exact) mass is 269 g/mol. The highest BCUT2D eigenvalue weighted by Crippen LogP contribution is 2.26.